The molecule has 1 unspecified atom stereocenters. The summed E-state index contributed by atoms with van der Waals surface area (Å²) >= 11 is 0. The number of pyridine rings is 1. The molecule has 0 radical (unpaired) electrons. The highest BCUT2D eigenvalue weighted by molar-refractivity contribution is 5.99. The van der Waals surface area contributed by atoms with Crippen LogP contribution >= 0.6 is 0 Å². The Balaban J connectivity index is 1.72. The second-order valence-corrected chi connectivity index (χ2v) is 7.69. The number of anilines is 1. The van der Waals surface area contributed by atoms with Crippen molar-refractivity contribution in [3.05, 3.63) is 53.1 Å². The van der Waals surface area contributed by atoms with Gasteiger partial charge in [-0.3, -0.25) is 9.78 Å². The van der Waals surface area contributed by atoms with Gasteiger partial charge in [0.25, 0.3) is 5.91 Å². The summed E-state index contributed by atoms with van der Waals surface area (Å²) in [6.07, 6.45) is 6.66. The summed E-state index contributed by atoms with van der Waals surface area (Å²) in [6, 6.07) is 1.15. The Bertz CT molecular complexity index is 1110. The fourth-order valence-electron chi connectivity index (χ4n) is 4.29. The van der Waals surface area contributed by atoms with Crippen LogP contribution in [0.4, 0.5) is 14.6 Å². The van der Waals surface area contributed by atoms with E-state index in [9.17, 15) is 13.6 Å². The molecule has 29 heavy (non-hydrogen) atoms. The summed E-state index contributed by atoms with van der Waals surface area (Å²) in [7, 11) is 0. The van der Waals surface area contributed by atoms with E-state index in [1.165, 1.54) is 29.2 Å². The van der Waals surface area contributed by atoms with Crippen LogP contribution in [0.5, 0.6) is 0 Å². The molecule has 3 aromatic rings. The first kappa shape index (κ1) is 18.0. The first-order valence-electron chi connectivity index (χ1n) is 9.77. The number of nitrogens with one attached hydrogen (secondary N) is 1. The number of carbonyl (C=O) groups is 1. The molecule has 1 N–H and O–H groups in total. The van der Waals surface area contributed by atoms with Gasteiger partial charge in [0.1, 0.15) is 11.4 Å². The number of nitrogens with zero attached hydrogens (tertiary/aromatic N) is 5. The maximum atomic E-state index is 14.9. The first-order valence-corrected chi connectivity index (χ1v) is 9.77. The maximum Gasteiger partial charge on any atom is 0.256 e. The van der Waals surface area contributed by atoms with E-state index in [0.29, 0.717) is 30.6 Å². The Morgan fingerprint density at radius 2 is 2.10 bits per heavy atom. The summed E-state index contributed by atoms with van der Waals surface area (Å²) in [6.45, 7) is 2.50. The van der Waals surface area contributed by atoms with E-state index in [2.05, 4.69) is 20.4 Å². The second-order valence-electron chi connectivity index (χ2n) is 7.69. The molecular weight excluding hydrogens is 378 g/mol. The van der Waals surface area contributed by atoms with Crippen molar-refractivity contribution >= 4 is 17.4 Å². The van der Waals surface area contributed by atoms with Gasteiger partial charge in [-0.15, -0.1) is 0 Å². The van der Waals surface area contributed by atoms with Crippen LogP contribution in [0.1, 0.15) is 53.8 Å². The van der Waals surface area contributed by atoms with Crippen molar-refractivity contribution in [2.24, 2.45) is 0 Å². The average Bonchev–Trinajstić information content (AvgIpc) is 3.32. The van der Waals surface area contributed by atoms with Gasteiger partial charge in [-0.05, 0) is 44.2 Å². The number of aryl methyl sites for hydroxylation is 1. The number of amides is 1. The van der Waals surface area contributed by atoms with Crippen LogP contribution in [-0.2, 0) is 6.42 Å². The minimum atomic E-state index is -0.534. The third-order valence-corrected chi connectivity index (χ3v) is 5.72. The van der Waals surface area contributed by atoms with Crippen LogP contribution in [-0.4, -0.2) is 38.1 Å². The minimum Gasteiger partial charge on any atom is -0.349 e. The summed E-state index contributed by atoms with van der Waals surface area (Å²) in [4.78, 5) is 23.4. The van der Waals surface area contributed by atoms with Crippen molar-refractivity contribution in [3.63, 3.8) is 0 Å². The standard InChI is InChI=1S/C20H20F2N6O/c1-11-4-5-16-13(7-12(21)8-23-16)17-3-2-6-27(17)19-15(22)10-28-18(26-19)14(9-24-28)20(29)25-11/h7-11,17H,2-6H2,1H3,(H,25,29)/t11-,17?/m1/s1. The summed E-state index contributed by atoms with van der Waals surface area (Å²) in [5, 5.41) is 7.02. The number of carbonyl (C=O) groups excluding carboxylic acids is 1. The zero-order chi connectivity index (χ0) is 20.1. The molecule has 2 bridgehead atoms. The summed E-state index contributed by atoms with van der Waals surface area (Å²) in [5.74, 6) is -1.10. The monoisotopic (exact) mass is 398 g/mol. The smallest absolute Gasteiger partial charge is 0.256 e. The third kappa shape index (κ3) is 3.01. The minimum absolute atomic E-state index is 0.127. The average molecular weight is 398 g/mol. The lowest BCUT2D eigenvalue weighted by Gasteiger charge is -2.27. The van der Waals surface area contributed by atoms with Gasteiger partial charge in [-0.2, -0.15) is 5.10 Å². The van der Waals surface area contributed by atoms with Crippen LogP contribution in [0, 0.1) is 11.6 Å². The molecule has 9 heteroatoms. The van der Waals surface area contributed by atoms with Crippen molar-refractivity contribution in [2.75, 3.05) is 11.4 Å². The van der Waals surface area contributed by atoms with Gasteiger partial charge in [0, 0.05) is 18.3 Å². The molecule has 1 saturated heterocycles. The molecule has 0 spiro atoms. The van der Waals surface area contributed by atoms with E-state index in [4.69, 9.17) is 0 Å². The highest BCUT2D eigenvalue weighted by Gasteiger charge is 2.33. The quantitative estimate of drug-likeness (QED) is 0.630. The van der Waals surface area contributed by atoms with E-state index in [-0.39, 0.29) is 23.8 Å². The number of halogens is 2. The van der Waals surface area contributed by atoms with E-state index >= 15 is 0 Å². The molecule has 2 aliphatic heterocycles. The molecule has 2 atom stereocenters. The predicted molar refractivity (Wildman–Crippen MR) is 102 cm³/mol. The lowest BCUT2D eigenvalue weighted by molar-refractivity contribution is 0.0940. The fourth-order valence-corrected chi connectivity index (χ4v) is 4.29. The van der Waals surface area contributed by atoms with Gasteiger partial charge >= 0.3 is 0 Å². The number of rotatable bonds is 0. The lowest BCUT2D eigenvalue weighted by Crippen LogP contribution is -2.33. The second kappa shape index (κ2) is 6.75. The van der Waals surface area contributed by atoms with E-state index in [1.54, 1.807) is 0 Å². The van der Waals surface area contributed by atoms with E-state index in [1.807, 2.05) is 11.8 Å². The Morgan fingerprint density at radius 3 is 2.97 bits per heavy atom. The molecule has 1 amide bonds. The Morgan fingerprint density at radius 1 is 1.24 bits per heavy atom. The van der Waals surface area contributed by atoms with Gasteiger partial charge in [0.2, 0.25) is 0 Å². The van der Waals surface area contributed by atoms with E-state index < -0.39 is 11.6 Å². The van der Waals surface area contributed by atoms with Crippen LogP contribution in [0.15, 0.2) is 24.7 Å². The first-order chi connectivity index (χ1) is 14.0. The molecule has 150 valence electrons. The van der Waals surface area contributed by atoms with Crippen LogP contribution in [0.3, 0.4) is 0 Å². The molecule has 0 saturated carbocycles. The summed E-state index contributed by atoms with van der Waals surface area (Å²) in [5.41, 5.74) is 2.13. The number of fused-ring (bicyclic) bond motifs is 5. The molecule has 2 aliphatic rings. The van der Waals surface area contributed by atoms with Crippen molar-refractivity contribution in [3.8, 4) is 0 Å². The molecule has 0 aromatic carbocycles. The van der Waals surface area contributed by atoms with Crippen molar-refractivity contribution in [1.29, 1.82) is 0 Å². The normalized spacial score (nSPS) is 21.9. The predicted octanol–water partition coefficient (Wildman–Crippen LogP) is 2.81. The van der Waals surface area contributed by atoms with Crippen LogP contribution in [0.25, 0.3) is 5.65 Å². The van der Waals surface area contributed by atoms with Crippen molar-refractivity contribution in [1.82, 2.24) is 24.9 Å². The molecule has 0 aliphatic carbocycles. The number of hydrogen-bond donors (Lipinski definition) is 1. The van der Waals surface area contributed by atoms with Gasteiger partial charge in [0.05, 0.1) is 24.6 Å². The number of hydrogen-bond acceptors (Lipinski definition) is 5. The van der Waals surface area contributed by atoms with Crippen LogP contribution in [0.2, 0.25) is 0 Å². The molecule has 7 nitrogen and oxygen atoms in total. The molecular formula is C20H20F2N6O. The summed E-state index contributed by atoms with van der Waals surface area (Å²) < 4.78 is 30.3. The van der Waals surface area contributed by atoms with Crippen LogP contribution < -0.4 is 10.2 Å². The van der Waals surface area contributed by atoms with Gasteiger partial charge in [-0.25, -0.2) is 18.3 Å². The molecule has 3 aromatic heterocycles. The lowest BCUT2D eigenvalue weighted by atomic mass is 9.98. The Labute approximate surface area is 165 Å². The molecule has 5 rings (SSSR count). The highest BCUT2D eigenvalue weighted by Crippen LogP contribution is 2.38. The Hall–Kier alpha value is -3.10. The van der Waals surface area contributed by atoms with Gasteiger partial charge < -0.3 is 10.2 Å². The SMILES string of the molecule is C[C@@H]1CCc2ncc(F)cc2C2CCCN2c2nc3c(cnn3cc2F)C(=O)N1. The zero-order valence-electron chi connectivity index (χ0n) is 15.9. The van der Waals surface area contributed by atoms with Crippen molar-refractivity contribution in [2.45, 2.75) is 44.7 Å². The molecule has 5 heterocycles. The van der Waals surface area contributed by atoms with E-state index in [0.717, 1.165) is 24.1 Å². The third-order valence-electron chi connectivity index (χ3n) is 5.72. The topological polar surface area (TPSA) is 75.4 Å². The highest BCUT2D eigenvalue weighted by atomic mass is 19.1. The number of aromatic nitrogens is 4. The molecule has 1 fully saturated rings. The fraction of sp³-hybridized carbons (Fsp3) is 0.400. The largest absolute Gasteiger partial charge is 0.349 e. The van der Waals surface area contributed by atoms with Crippen molar-refractivity contribution < 1.29 is 13.6 Å². The zero-order valence-corrected chi connectivity index (χ0v) is 15.9. The Kier molecular flexibility index (Phi) is 4.18. The van der Waals surface area contributed by atoms with Gasteiger partial charge in [0.15, 0.2) is 17.3 Å². The van der Waals surface area contributed by atoms with Gasteiger partial charge in [-0.1, -0.05) is 0 Å². The maximum absolute atomic E-state index is 14.9.